The van der Waals surface area contributed by atoms with E-state index in [4.69, 9.17) is 5.11 Å². The number of carbonyl (C=O) groups excluding carboxylic acids is 1. The standard InChI is InChI=1S/C13H13N3O3S/c17-12(14-10-5-7(6-20-10)13(18)19)11-8-3-1-2-4-9(8)15-16-11/h5-6H,1-4H2,(H,14,17)(H,15,16)(H,18,19). The van der Waals surface area contributed by atoms with Crippen LogP contribution in [0.2, 0.25) is 0 Å². The van der Waals surface area contributed by atoms with Gasteiger partial charge in [-0.15, -0.1) is 11.3 Å². The summed E-state index contributed by atoms with van der Waals surface area (Å²) in [6.07, 6.45) is 3.97. The number of amides is 1. The van der Waals surface area contributed by atoms with E-state index in [0.29, 0.717) is 10.7 Å². The van der Waals surface area contributed by atoms with Crippen molar-refractivity contribution in [2.75, 3.05) is 5.32 Å². The van der Waals surface area contributed by atoms with E-state index in [0.717, 1.165) is 36.9 Å². The van der Waals surface area contributed by atoms with Crippen molar-refractivity contribution in [2.24, 2.45) is 0 Å². The van der Waals surface area contributed by atoms with Gasteiger partial charge in [0.1, 0.15) is 0 Å². The van der Waals surface area contributed by atoms with Gasteiger partial charge in [0.05, 0.1) is 10.6 Å². The summed E-state index contributed by atoms with van der Waals surface area (Å²) in [6, 6.07) is 1.45. The van der Waals surface area contributed by atoms with E-state index < -0.39 is 5.97 Å². The molecule has 20 heavy (non-hydrogen) atoms. The smallest absolute Gasteiger partial charge is 0.336 e. The molecule has 7 heteroatoms. The maximum Gasteiger partial charge on any atom is 0.336 e. The lowest BCUT2D eigenvalue weighted by Crippen LogP contribution is -2.15. The molecule has 1 aliphatic carbocycles. The summed E-state index contributed by atoms with van der Waals surface area (Å²) in [5, 5.41) is 20.6. The van der Waals surface area contributed by atoms with Gasteiger partial charge in [0.2, 0.25) is 0 Å². The van der Waals surface area contributed by atoms with Gasteiger partial charge in [-0.2, -0.15) is 5.10 Å². The van der Waals surface area contributed by atoms with Crippen molar-refractivity contribution in [2.45, 2.75) is 25.7 Å². The minimum Gasteiger partial charge on any atom is -0.478 e. The molecule has 1 aliphatic rings. The normalized spacial score (nSPS) is 13.8. The van der Waals surface area contributed by atoms with E-state index in [2.05, 4.69) is 15.5 Å². The first-order valence-corrected chi connectivity index (χ1v) is 7.22. The zero-order valence-electron chi connectivity index (χ0n) is 10.6. The number of aromatic nitrogens is 2. The van der Waals surface area contributed by atoms with Crippen molar-refractivity contribution >= 4 is 28.2 Å². The van der Waals surface area contributed by atoms with Crippen LogP contribution in [-0.4, -0.2) is 27.2 Å². The first-order valence-electron chi connectivity index (χ1n) is 6.34. The third-order valence-electron chi connectivity index (χ3n) is 3.35. The zero-order chi connectivity index (χ0) is 14.1. The number of fused-ring (bicyclic) bond motifs is 1. The van der Waals surface area contributed by atoms with Gasteiger partial charge in [-0.3, -0.25) is 9.89 Å². The van der Waals surface area contributed by atoms with E-state index in [-0.39, 0.29) is 11.5 Å². The maximum absolute atomic E-state index is 12.2. The fraction of sp³-hybridized carbons (Fsp3) is 0.308. The highest BCUT2D eigenvalue weighted by Crippen LogP contribution is 2.25. The molecule has 3 N–H and O–H groups in total. The van der Waals surface area contributed by atoms with E-state index in [1.807, 2.05) is 0 Å². The predicted octanol–water partition coefficient (Wildman–Crippen LogP) is 2.30. The molecule has 0 saturated carbocycles. The summed E-state index contributed by atoms with van der Waals surface area (Å²) in [6.45, 7) is 0. The Hall–Kier alpha value is -2.15. The lowest BCUT2D eigenvalue weighted by Gasteiger charge is -2.10. The minimum atomic E-state index is -1.00. The Balaban J connectivity index is 1.79. The van der Waals surface area contributed by atoms with E-state index in [9.17, 15) is 9.59 Å². The Labute approximate surface area is 118 Å². The van der Waals surface area contributed by atoms with Gasteiger partial charge in [-0.25, -0.2) is 4.79 Å². The zero-order valence-corrected chi connectivity index (χ0v) is 11.4. The molecule has 3 rings (SSSR count). The lowest BCUT2D eigenvalue weighted by molar-refractivity contribution is 0.0697. The van der Waals surface area contributed by atoms with E-state index in [1.54, 1.807) is 0 Å². The number of thiophene rings is 1. The van der Waals surface area contributed by atoms with Crippen molar-refractivity contribution < 1.29 is 14.7 Å². The number of nitrogens with zero attached hydrogens (tertiary/aromatic N) is 1. The summed E-state index contributed by atoms with van der Waals surface area (Å²) in [5.41, 5.74) is 2.63. The number of carbonyl (C=O) groups is 2. The summed E-state index contributed by atoms with van der Waals surface area (Å²) < 4.78 is 0. The number of aryl methyl sites for hydroxylation is 1. The summed E-state index contributed by atoms with van der Waals surface area (Å²) >= 11 is 1.19. The van der Waals surface area contributed by atoms with Gasteiger partial charge in [0.25, 0.3) is 5.91 Å². The third-order valence-corrected chi connectivity index (χ3v) is 4.20. The molecule has 6 nitrogen and oxygen atoms in total. The van der Waals surface area contributed by atoms with Crippen LogP contribution in [0.1, 0.15) is 44.9 Å². The Morgan fingerprint density at radius 2 is 2.15 bits per heavy atom. The van der Waals surface area contributed by atoms with E-state index >= 15 is 0 Å². The van der Waals surface area contributed by atoms with Gasteiger partial charge in [0, 0.05) is 16.6 Å². The number of aromatic amines is 1. The molecular weight excluding hydrogens is 278 g/mol. The van der Waals surface area contributed by atoms with Gasteiger partial charge in [-0.1, -0.05) is 0 Å². The van der Waals surface area contributed by atoms with Gasteiger partial charge in [-0.05, 0) is 31.7 Å². The molecule has 0 unspecified atom stereocenters. The van der Waals surface area contributed by atoms with Crippen molar-refractivity contribution in [3.05, 3.63) is 34.0 Å². The Morgan fingerprint density at radius 1 is 1.35 bits per heavy atom. The average Bonchev–Trinajstić information content (AvgIpc) is 3.04. The molecule has 0 saturated heterocycles. The van der Waals surface area contributed by atoms with Crippen LogP contribution in [0.3, 0.4) is 0 Å². The van der Waals surface area contributed by atoms with Gasteiger partial charge >= 0.3 is 5.97 Å². The lowest BCUT2D eigenvalue weighted by atomic mass is 9.96. The molecule has 2 aromatic heterocycles. The third kappa shape index (κ3) is 2.32. The van der Waals surface area contributed by atoms with Crippen molar-refractivity contribution in [1.82, 2.24) is 10.2 Å². The van der Waals surface area contributed by atoms with Crippen molar-refractivity contribution in [3.63, 3.8) is 0 Å². The molecule has 0 bridgehead atoms. The maximum atomic E-state index is 12.2. The second-order valence-corrected chi connectivity index (χ2v) is 5.61. The van der Waals surface area contributed by atoms with Gasteiger partial charge < -0.3 is 10.4 Å². The molecule has 0 aromatic carbocycles. The number of hydrogen-bond acceptors (Lipinski definition) is 4. The SMILES string of the molecule is O=C(O)c1csc(NC(=O)c2n[nH]c3c2CCCC3)c1. The quantitative estimate of drug-likeness (QED) is 0.808. The van der Waals surface area contributed by atoms with Gasteiger partial charge in [0.15, 0.2) is 5.69 Å². The van der Waals surface area contributed by atoms with Crippen LogP contribution in [-0.2, 0) is 12.8 Å². The van der Waals surface area contributed by atoms with Crippen LogP contribution in [0, 0.1) is 0 Å². The van der Waals surface area contributed by atoms with Crippen LogP contribution in [0.5, 0.6) is 0 Å². The van der Waals surface area contributed by atoms with E-state index in [1.165, 1.54) is 22.8 Å². The fourth-order valence-corrected chi connectivity index (χ4v) is 3.12. The number of nitrogens with one attached hydrogen (secondary N) is 2. The summed E-state index contributed by atoms with van der Waals surface area (Å²) in [4.78, 5) is 23.0. The Kier molecular flexibility index (Phi) is 3.27. The van der Waals surface area contributed by atoms with Crippen molar-refractivity contribution in [3.8, 4) is 0 Å². The van der Waals surface area contributed by atoms with Crippen LogP contribution in [0.15, 0.2) is 11.4 Å². The molecule has 0 fully saturated rings. The second kappa shape index (κ2) is 5.09. The largest absolute Gasteiger partial charge is 0.478 e. The van der Waals surface area contributed by atoms with Crippen LogP contribution >= 0.6 is 11.3 Å². The average molecular weight is 291 g/mol. The number of aromatic carboxylic acids is 1. The summed E-state index contributed by atoms with van der Waals surface area (Å²) in [5.74, 6) is -1.29. The molecule has 2 heterocycles. The molecule has 0 spiro atoms. The topological polar surface area (TPSA) is 95.1 Å². The molecule has 0 aliphatic heterocycles. The molecule has 1 amide bonds. The molecule has 0 radical (unpaired) electrons. The first kappa shape index (κ1) is 12.9. The molecule has 0 atom stereocenters. The number of H-pyrrole nitrogens is 1. The molecule has 2 aromatic rings. The predicted molar refractivity (Wildman–Crippen MR) is 74.5 cm³/mol. The highest BCUT2D eigenvalue weighted by molar-refractivity contribution is 7.14. The number of rotatable bonds is 3. The number of carboxylic acid groups (broad SMARTS) is 1. The number of hydrogen-bond donors (Lipinski definition) is 3. The highest BCUT2D eigenvalue weighted by atomic mass is 32.1. The number of carboxylic acids is 1. The van der Waals surface area contributed by atoms with Crippen LogP contribution < -0.4 is 5.32 Å². The first-order chi connectivity index (χ1) is 9.65. The fourth-order valence-electron chi connectivity index (χ4n) is 2.35. The van der Waals surface area contributed by atoms with Crippen molar-refractivity contribution in [1.29, 1.82) is 0 Å². The second-order valence-electron chi connectivity index (χ2n) is 4.70. The minimum absolute atomic E-state index is 0.175. The Bertz CT molecular complexity index is 674. The highest BCUT2D eigenvalue weighted by Gasteiger charge is 2.22. The Morgan fingerprint density at radius 3 is 2.90 bits per heavy atom. The number of anilines is 1. The van der Waals surface area contributed by atoms with Crippen LogP contribution in [0.25, 0.3) is 0 Å². The monoisotopic (exact) mass is 291 g/mol. The summed E-state index contributed by atoms with van der Waals surface area (Å²) in [7, 11) is 0. The van der Waals surface area contributed by atoms with Crippen LogP contribution in [0.4, 0.5) is 5.00 Å². The molecule has 104 valence electrons. The molecular formula is C13H13N3O3S.